The van der Waals surface area contributed by atoms with Gasteiger partial charge in [0.1, 0.15) is 5.82 Å². The smallest absolute Gasteiger partial charge is 0.130 e. The Kier molecular flexibility index (Phi) is 2.47. The van der Waals surface area contributed by atoms with Crippen LogP contribution in [0.3, 0.4) is 0 Å². The molecule has 0 saturated heterocycles. The molecule has 0 spiro atoms. The third-order valence-electron chi connectivity index (χ3n) is 2.47. The highest BCUT2D eigenvalue weighted by Gasteiger charge is 2.19. The second-order valence-electron chi connectivity index (χ2n) is 4.62. The molecule has 0 bridgehead atoms. The normalized spacial score (nSPS) is 11.8. The van der Waals surface area contributed by atoms with E-state index in [2.05, 4.69) is 0 Å². The zero-order valence-corrected chi connectivity index (χ0v) is 9.03. The molecule has 1 rings (SSSR count). The molecule has 0 nitrogen and oxygen atoms in total. The number of hydrogen-bond donors (Lipinski definition) is 0. The van der Waals surface area contributed by atoms with E-state index in [4.69, 9.17) is 0 Å². The van der Waals surface area contributed by atoms with Gasteiger partial charge in [0.25, 0.3) is 0 Å². The lowest BCUT2D eigenvalue weighted by Crippen LogP contribution is -2.14. The zero-order chi connectivity index (χ0) is 10.2. The van der Waals surface area contributed by atoms with Crippen LogP contribution >= 0.6 is 0 Å². The van der Waals surface area contributed by atoms with Crippen LogP contribution < -0.4 is 0 Å². The van der Waals surface area contributed by atoms with E-state index in [0.717, 1.165) is 16.7 Å². The minimum atomic E-state index is -0.109. The van der Waals surface area contributed by atoms with Gasteiger partial charge in [0.2, 0.25) is 0 Å². The van der Waals surface area contributed by atoms with Crippen molar-refractivity contribution in [1.82, 2.24) is 0 Å². The van der Waals surface area contributed by atoms with Crippen LogP contribution in [0.25, 0.3) is 0 Å². The lowest BCUT2D eigenvalue weighted by atomic mass is 9.85. The molecule has 13 heavy (non-hydrogen) atoms. The van der Waals surface area contributed by atoms with Crippen molar-refractivity contribution in [2.45, 2.75) is 40.0 Å². The summed E-state index contributed by atoms with van der Waals surface area (Å²) in [5.74, 6) is -0.0486. The first-order valence-corrected chi connectivity index (χ1v) is 4.60. The molecule has 0 saturated carbocycles. The van der Waals surface area contributed by atoms with Gasteiger partial charge in [0, 0.05) is 0 Å². The number of halogens is 1. The van der Waals surface area contributed by atoms with E-state index in [1.54, 1.807) is 0 Å². The molecule has 0 N–H and O–H groups in total. The standard InChI is InChI=1S/C12H17F/c1-8-6-7-10(12(3,4)5)11(13)9(8)2/h6-7H,1-5H3. The van der Waals surface area contributed by atoms with E-state index in [1.807, 2.05) is 46.8 Å². The molecule has 0 amide bonds. The maximum atomic E-state index is 13.8. The first-order chi connectivity index (χ1) is 5.84. The third-order valence-corrected chi connectivity index (χ3v) is 2.47. The summed E-state index contributed by atoms with van der Waals surface area (Å²) in [6.45, 7) is 9.85. The molecule has 0 aliphatic heterocycles. The number of rotatable bonds is 0. The Balaban J connectivity index is 3.35. The summed E-state index contributed by atoms with van der Waals surface area (Å²) >= 11 is 0. The summed E-state index contributed by atoms with van der Waals surface area (Å²) in [7, 11) is 0. The molecular formula is C12H17F. The lowest BCUT2D eigenvalue weighted by molar-refractivity contribution is 0.517. The monoisotopic (exact) mass is 180 g/mol. The van der Waals surface area contributed by atoms with Crippen LogP contribution in [0, 0.1) is 19.7 Å². The third kappa shape index (κ3) is 1.90. The highest BCUT2D eigenvalue weighted by Crippen LogP contribution is 2.27. The van der Waals surface area contributed by atoms with Crippen LogP contribution in [-0.2, 0) is 5.41 Å². The van der Waals surface area contributed by atoms with Crippen molar-refractivity contribution < 1.29 is 4.39 Å². The minimum Gasteiger partial charge on any atom is -0.206 e. The molecule has 1 aromatic carbocycles. The van der Waals surface area contributed by atoms with E-state index in [-0.39, 0.29) is 11.2 Å². The maximum absolute atomic E-state index is 13.8. The molecule has 0 atom stereocenters. The van der Waals surface area contributed by atoms with Crippen LogP contribution in [0.1, 0.15) is 37.5 Å². The zero-order valence-electron chi connectivity index (χ0n) is 9.03. The predicted molar refractivity (Wildman–Crippen MR) is 54.6 cm³/mol. The largest absolute Gasteiger partial charge is 0.206 e. The van der Waals surface area contributed by atoms with Gasteiger partial charge in [0.05, 0.1) is 0 Å². The molecule has 1 heteroatoms. The van der Waals surface area contributed by atoms with Gasteiger partial charge in [-0.2, -0.15) is 0 Å². The summed E-state index contributed by atoms with van der Waals surface area (Å²) in [5.41, 5.74) is 2.48. The van der Waals surface area contributed by atoms with Crippen molar-refractivity contribution in [3.8, 4) is 0 Å². The molecular weight excluding hydrogens is 163 g/mol. The quantitative estimate of drug-likeness (QED) is 0.570. The molecule has 0 fully saturated rings. The number of aryl methyl sites for hydroxylation is 1. The van der Waals surface area contributed by atoms with Crippen molar-refractivity contribution in [3.05, 3.63) is 34.6 Å². The lowest BCUT2D eigenvalue weighted by Gasteiger charge is -2.21. The Bertz CT molecular complexity index is 319. The second kappa shape index (κ2) is 3.13. The Hall–Kier alpha value is -0.850. The van der Waals surface area contributed by atoms with Crippen molar-refractivity contribution in [2.75, 3.05) is 0 Å². The molecule has 0 aliphatic carbocycles. The average molecular weight is 180 g/mol. The van der Waals surface area contributed by atoms with Crippen LogP contribution in [0.4, 0.5) is 4.39 Å². The fourth-order valence-electron chi connectivity index (χ4n) is 1.36. The van der Waals surface area contributed by atoms with Crippen molar-refractivity contribution in [3.63, 3.8) is 0 Å². The first kappa shape index (κ1) is 10.2. The van der Waals surface area contributed by atoms with Crippen molar-refractivity contribution >= 4 is 0 Å². The van der Waals surface area contributed by atoms with Crippen LogP contribution in [0.15, 0.2) is 12.1 Å². The number of hydrogen-bond acceptors (Lipinski definition) is 0. The highest BCUT2D eigenvalue weighted by atomic mass is 19.1. The van der Waals surface area contributed by atoms with Crippen LogP contribution in [0.5, 0.6) is 0 Å². The van der Waals surface area contributed by atoms with Gasteiger partial charge >= 0.3 is 0 Å². The topological polar surface area (TPSA) is 0 Å². The maximum Gasteiger partial charge on any atom is 0.130 e. The molecule has 72 valence electrons. The van der Waals surface area contributed by atoms with E-state index in [1.165, 1.54) is 0 Å². The first-order valence-electron chi connectivity index (χ1n) is 4.60. The highest BCUT2D eigenvalue weighted by molar-refractivity contribution is 5.35. The number of benzene rings is 1. The van der Waals surface area contributed by atoms with Crippen molar-refractivity contribution in [1.29, 1.82) is 0 Å². The molecule has 0 heterocycles. The summed E-state index contributed by atoms with van der Waals surface area (Å²) in [4.78, 5) is 0. The Morgan fingerprint density at radius 1 is 1.08 bits per heavy atom. The predicted octanol–water partition coefficient (Wildman–Crippen LogP) is 3.74. The van der Waals surface area contributed by atoms with Gasteiger partial charge in [0.15, 0.2) is 0 Å². The molecule has 0 unspecified atom stereocenters. The van der Waals surface area contributed by atoms with Crippen molar-refractivity contribution in [2.24, 2.45) is 0 Å². The molecule has 0 aliphatic rings. The fourth-order valence-corrected chi connectivity index (χ4v) is 1.36. The van der Waals surface area contributed by atoms with Gasteiger partial charge in [-0.05, 0) is 36.0 Å². The Labute approximate surface area is 79.8 Å². The summed E-state index contributed by atoms with van der Waals surface area (Å²) in [5, 5.41) is 0. The SMILES string of the molecule is Cc1ccc(C(C)(C)C)c(F)c1C. The second-order valence-corrected chi connectivity index (χ2v) is 4.62. The minimum absolute atomic E-state index is 0.0486. The summed E-state index contributed by atoms with van der Waals surface area (Å²) < 4.78 is 13.8. The van der Waals surface area contributed by atoms with Gasteiger partial charge in [-0.25, -0.2) is 4.39 Å². The molecule has 0 aromatic heterocycles. The van der Waals surface area contributed by atoms with E-state index in [9.17, 15) is 4.39 Å². The Morgan fingerprint density at radius 2 is 1.62 bits per heavy atom. The van der Waals surface area contributed by atoms with E-state index < -0.39 is 0 Å². The molecule has 0 radical (unpaired) electrons. The van der Waals surface area contributed by atoms with E-state index in [0.29, 0.717) is 0 Å². The van der Waals surface area contributed by atoms with Gasteiger partial charge in [-0.15, -0.1) is 0 Å². The van der Waals surface area contributed by atoms with Gasteiger partial charge in [-0.1, -0.05) is 32.9 Å². The summed E-state index contributed by atoms with van der Waals surface area (Å²) in [6, 6.07) is 3.87. The fraction of sp³-hybridized carbons (Fsp3) is 0.500. The average Bonchev–Trinajstić information content (AvgIpc) is 1.98. The summed E-state index contributed by atoms with van der Waals surface area (Å²) in [6.07, 6.45) is 0. The van der Waals surface area contributed by atoms with Crippen LogP contribution in [-0.4, -0.2) is 0 Å². The van der Waals surface area contributed by atoms with Gasteiger partial charge < -0.3 is 0 Å². The molecule has 1 aromatic rings. The van der Waals surface area contributed by atoms with E-state index >= 15 is 0 Å². The van der Waals surface area contributed by atoms with Gasteiger partial charge in [-0.3, -0.25) is 0 Å². The Morgan fingerprint density at radius 3 is 2.08 bits per heavy atom. The van der Waals surface area contributed by atoms with Crippen LogP contribution in [0.2, 0.25) is 0 Å².